The lowest BCUT2D eigenvalue weighted by molar-refractivity contribution is -0.145. The van der Waals surface area contributed by atoms with E-state index in [-0.39, 0.29) is 30.9 Å². The third kappa shape index (κ3) is 4.73. The molecule has 0 bridgehead atoms. The van der Waals surface area contributed by atoms with E-state index in [1.807, 2.05) is 86.4 Å². The molecule has 7 nitrogen and oxygen atoms in total. The summed E-state index contributed by atoms with van der Waals surface area (Å²) < 4.78 is -1.69. The van der Waals surface area contributed by atoms with Crippen molar-refractivity contribution in [3.05, 3.63) is 89.0 Å². The summed E-state index contributed by atoms with van der Waals surface area (Å²) in [5.41, 5.74) is 2.42. The number of hydrogen-bond acceptors (Lipinski definition) is 5. The average molecular weight is 620 g/mol. The number of fused-ring (bicyclic) bond motifs is 2. The van der Waals surface area contributed by atoms with Crippen LogP contribution in [0.3, 0.4) is 0 Å². The lowest BCUT2D eigenvalue weighted by Gasteiger charge is -2.40. The number of hydrogen-bond donors (Lipinski definition) is 1. The minimum absolute atomic E-state index is 0.0508. The molecule has 0 aromatic heterocycles. The van der Waals surface area contributed by atoms with E-state index in [9.17, 15) is 19.5 Å². The number of aliphatic hydroxyl groups excluding tert-OH is 1. The van der Waals surface area contributed by atoms with Crippen molar-refractivity contribution in [2.24, 2.45) is 11.8 Å². The fraction of sp³-hybridized carbons (Fsp3) is 0.441. The number of nitrogens with zero attached hydrogens (tertiary/aromatic N) is 3. The number of rotatable bonds is 7. The Morgan fingerprint density at radius 1 is 0.977 bits per heavy atom. The number of carbonyl (C=O) groups excluding carboxylic acids is 3. The SMILES string of the molecule is CCCN1CC=C[C@]2(C)S[C@]34C=CCN(c5c(C)cccc5Cl)C(=O)C3N([C@@H](CO)Cc3ccccc3)C(=O)[C@@H]4[C@@H]2C1=O. The van der Waals surface area contributed by atoms with Crippen LogP contribution in [0.25, 0.3) is 0 Å². The lowest BCUT2D eigenvalue weighted by atomic mass is 9.74. The largest absolute Gasteiger partial charge is 0.394 e. The van der Waals surface area contributed by atoms with Gasteiger partial charge < -0.3 is 19.8 Å². The van der Waals surface area contributed by atoms with Gasteiger partial charge in [0, 0.05) is 24.4 Å². The van der Waals surface area contributed by atoms with Crippen molar-refractivity contribution in [1.82, 2.24) is 9.80 Å². The molecular formula is C34H38ClN3O4S. The first-order valence-electron chi connectivity index (χ1n) is 15.0. The summed E-state index contributed by atoms with van der Waals surface area (Å²) in [4.78, 5) is 49.2. The van der Waals surface area contributed by atoms with E-state index in [0.29, 0.717) is 30.2 Å². The molecule has 4 aliphatic heterocycles. The van der Waals surface area contributed by atoms with Crippen molar-refractivity contribution in [2.75, 3.05) is 31.1 Å². The predicted molar refractivity (Wildman–Crippen MR) is 171 cm³/mol. The number of halogens is 1. The smallest absolute Gasteiger partial charge is 0.251 e. The van der Waals surface area contributed by atoms with Gasteiger partial charge in [-0.1, -0.05) is 85.3 Å². The highest BCUT2D eigenvalue weighted by Crippen LogP contribution is 2.66. The molecule has 1 N–H and O–H groups in total. The fourth-order valence-corrected chi connectivity index (χ4v) is 10.1. The molecular weight excluding hydrogens is 582 g/mol. The quantitative estimate of drug-likeness (QED) is 0.457. The summed E-state index contributed by atoms with van der Waals surface area (Å²) in [6, 6.07) is 13.6. The van der Waals surface area contributed by atoms with Crippen LogP contribution in [0.4, 0.5) is 5.69 Å². The molecule has 2 aromatic carbocycles. The molecule has 6 atom stereocenters. The van der Waals surface area contributed by atoms with E-state index in [0.717, 1.165) is 17.5 Å². The summed E-state index contributed by atoms with van der Waals surface area (Å²) in [5.74, 6) is -1.97. The second-order valence-corrected chi connectivity index (χ2v) is 14.4. The van der Waals surface area contributed by atoms with E-state index in [4.69, 9.17) is 11.6 Å². The number of anilines is 1. The minimum Gasteiger partial charge on any atom is -0.394 e. The number of amides is 3. The lowest BCUT2D eigenvalue weighted by Crippen LogP contribution is -2.57. The Balaban J connectivity index is 1.52. The normalized spacial score (nSPS) is 30.7. The number of para-hydroxylation sites is 1. The van der Waals surface area contributed by atoms with Gasteiger partial charge in [0.05, 0.1) is 39.9 Å². The highest BCUT2D eigenvalue weighted by Gasteiger charge is 2.74. The number of carbonyl (C=O) groups is 3. The number of likely N-dealkylation sites (tertiary alicyclic amines) is 1. The highest BCUT2D eigenvalue weighted by atomic mass is 35.5. The molecule has 1 spiro atoms. The summed E-state index contributed by atoms with van der Waals surface area (Å²) in [7, 11) is 0. The third-order valence-electron chi connectivity index (χ3n) is 9.45. The zero-order valence-electron chi connectivity index (χ0n) is 24.8. The van der Waals surface area contributed by atoms with Gasteiger partial charge in [-0.25, -0.2) is 0 Å². The molecule has 0 aliphatic carbocycles. The van der Waals surface area contributed by atoms with Crippen molar-refractivity contribution < 1.29 is 19.5 Å². The monoisotopic (exact) mass is 619 g/mol. The van der Waals surface area contributed by atoms with Gasteiger partial charge in [0.1, 0.15) is 6.04 Å². The maximum atomic E-state index is 14.9. The summed E-state index contributed by atoms with van der Waals surface area (Å²) >= 11 is 8.25. The van der Waals surface area contributed by atoms with Crippen LogP contribution in [0.2, 0.25) is 5.02 Å². The number of thioether (sulfide) groups is 1. The molecule has 4 aliphatic rings. The van der Waals surface area contributed by atoms with Crippen molar-refractivity contribution in [3.63, 3.8) is 0 Å². The van der Waals surface area contributed by atoms with Crippen LogP contribution in [-0.2, 0) is 20.8 Å². The number of benzene rings is 2. The zero-order chi connectivity index (χ0) is 30.5. The molecule has 226 valence electrons. The Hall–Kier alpha value is -3.07. The van der Waals surface area contributed by atoms with Crippen LogP contribution in [0.15, 0.2) is 72.8 Å². The Labute approximate surface area is 262 Å². The predicted octanol–water partition coefficient (Wildman–Crippen LogP) is 4.65. The summed E-state index contributed by atoms with van der Waals surface area (Å²) in [6.07, 6.45) is 9.26. The average Bonchev–Trinajstić information content (AvgIpc) is 3.26. The summed E-state index contributed by atoms with van der Waals surface area (Å²) in [6.45, 7) is 7.06. The van der Waals surface area contributed by atoms with E-state index >= 15 is 0 Å². The first-order valence-corrected chi connectivity index (χ1v) is 16.2. The second kappa shape index (κ2) is 11.5. The topological polar surface area (TPSA) is 81.2 Å². The van der Waals surface area contributed by atoms with Gasteiger partial charge >= 0.3 is 0 Å². The maximum absolute atomic E-state index is 14.9. The maximum Gasteiger partial charge on any atom is 0.251 e. The van der Waals surface area contributed by atoms with Crippen molar-refractivity contribution in [3.8, 4) is 0 Å². The molecule has 1 unspecified atom stereocenters. The van der Waals surface area contributed by atoms with Gasteiger partial charge in [-0.05, 0) is 43.9 Å². The molecule has 9 heteroatoms. The summed E-state index contributed by atoms with van der Waals surface area (Å²) in [5, 5.41) is 11.2. The molecule has 0 saturated carbocycles. The Kier molecular flexibility index (Phi) is 7.98. The Morgan fingerprint density at radius 3 is 2.42 bits per heavy atom. The van der Waals surface area contributed by atoms with E-state index in [1.165, 1.54) is 0 Å². The molecule has 4 heterocycles. The van der Waals surface area contributed by atoms with Gasteiger partial charge in [-0.15, -0.1) is 11.8 Å². The number of aryl methyl sites for hydroxylation is 1. The van der Waals surface area contributed by atoms with Crippen LogP contribution in [0, 0.1) is 18.8 Å². The van der Waals surface area contributed by atoms with E-state index < -0.39 is 33.4 Å². The molecule has 6 rings (SSSR count). The zero-order valence-corrected chi connectivity index (χ0v) is 26.4. The number of aliphatic hydroxyl groups is 1. The van der Waals surface area contributed by atoms with Crippen LogP contribution in [0.1, 0.15) is 31.4 Å². The van der Waals surface area contributed by atoms with Gasteiger partial charge in [0.15, 0.2) is 0 Å². The fourth-order valence-electron chi connectivity index (χ4n) is 7.68. The van der Waals surface area contributed by atoms with Crippen molar-refractivity contribution in [2.45, 2.75) is 55.2 Å². The molecule has 43 heavy (non-hydrogen) atoms. The molecule has 0 radical (unpaired) electrons. The molecule has 2 fully saturated rings. The van der Waals surface area contributed by atoms with Crippen LogP contribution < -0.4 is 4.90 Å². The van der Waals surface area contributed by atoms with Crippen LogP contribution in [0.5, 0.6) is 0 Å². The Morgan fingerprint density at radius 2 is 1.72 bits per heavy atom. The molecule has 2 aromatic rings. The van der Waals surface area contributed by atoms with Gasteiger partial charge in [0.2, 0.25) is 11.8 Å². The first-order chi connectivity index (χ1) is 20.7. The van der Waals surface area contributed by atoms with E-state index in [2.05, 4.69) is 6.08 Å². The van der Waals surface area contributed by atoms with Gasteiger partial charge in [0.25, 0.3) is 5.91 Å². The van der Waals surface area contributed by atoms with Gasteiger partial charge in [-0.2, -0.15) is 0 Å². The van der Waals surface area contributed by atoms with E-state index in [1.54, 1.807) is 27.6 Å². The van der Waals surface area contributed by atoms with Crippen molar-refractivity contribution >= 4 is 46.8 Å². The van der Waals surface area contributed by atoms with Crippen molar-refractivity contribution in [1.29, 1.82) is 0 Å². The first kappa shape index (κ1) is 30.0. The molecule has 3 amide bonds. The minimum atomic E-state index is -1.00. The van der Waals surface area contributed by atoms with Gasteiger partial charge in [-0.3, -0.25) is 14.4 Å². The Bertz CT molecular complexity index is 1480. The second-order valence-electron chi connectivity index (χ2n) is 12.2. The third-order valence-corrected chi connectivity index (χ3v) is 11.6. The molecule has 2 saturated heterocycles. The van der Waals surface area contributed by atoms with Crippen LogP contribution >= 0.6 is 23.4 Å². The standard InChI is InChI=1S/C34H38ClN3O4S/c1-4-17-36-18-9-15-33(3)26(30(36)40)27-31(41)38(24(21-39)20-23-12-6-5-7-13-23)29-32(42)37(19-10-16-34(27,29)43-33)28-22(2)11-8-14-25(28)35/h5-16,24,26-27,29,39H,4,17-21H2,1-3H3/t24-,26-,27+,29?,33+,34+/m1/s1. The highest BCUT2D eigenvalue weighted by molar-refractivity contribution is 8.02. The van der Waals surface area contributed by atoms with Crippen LogP contribution in [-0.4, -0.2) is 80.4 Å².